The summed E-state index contributed by atoms with van der Waals surface area (Å²) in [7, 11) is -2.90. The van der Waals surface area contributed by atoms with E-state index in [1.54, 1.807) is 4.90 Å². The van der Waals surface area contributed by atoms with Crippen molar-refractivity contribution in [1.29, 1.82) is 0 Å². The number of nitrogens with one attached hydrogen (secondary N) is 1. The maximum absolute atomic E-state index is 12.1. The van der Waals surface area contributed by atoms with Crippen LogP contribution in [-0.4, -0.2) is 56.4 Å². The quantitative estimate of drug-likeness (QED) is 0.660. The van der Waals surface area contributed by atoms with Crippen LogP contribution in [0.3, 0.4) is 0 Å². The molecule has 0 spiro atoms. The molecule has 92 valence electrons. The lowest BCUT2D eigenvalue weighted by Crippen LogP contribution is -2.51. The molecule has 2 unspecified atom stereocenters. The van der Waals surface area contributed by atoms with E-state index in [4.69, 9.17) is 0 Å². The largest absolute Gasteiger partial charge is 0.339 e. The first kappa shape index (κ1) is 11.9. The maximum atomic E-state index is 12.1. The molecule has 0 bridgehead atoms. The molecule has 5 nitrogen and oxygen atoms in total. The van der Waals surface area contributed by atoms with Crippen LogP contribution in [0.2, 0.25) is 0 Å². The van der Waals surface area contributed by atoms with Crippen molar-refractivity contribution in [3.63, 3.8) is 0 Å². The van der Waals surface area contributed by atoms with Gasteiger partial charge in [-0.15, -0.1) is 0 Å². The van der Waals surface area contributed by atoms with Crippen LogP contribution in [-0.2, 0) is 14.6 Å². The van der Waals surface area contributed by atoms with Crippen molar-refractivity contribution in [2.75, 3.05) is 31.1 Å². The van der Waals surface area contributed by atoms with E-state index in [2.05, 4.69) is 12.2 Å². The van der Waals surface area contributed by atoms with Crippen molar-refractivity contribution in [2.45, 2.75) is 19.4 Å². The molecule has 2 heterocycles. The maximum Gasteiger partial charge on any atom is 0.240 e. The molecule has 0 aromatic rings. The molecule has 6 heteroatoms. The molecule has 1 N–H and O–H groups in total. The van der Waals surface area contributed by atoms with Crippen LogP contribution in [0.25, 0.3) is 0 Å². The molecule has 0 aromatic carbocycles. The second kappa shape index (κ2) is 4.33. The molecular formula is C10H18N2O3S. The van der Waals surface area contributed by atoms with Crippen LogP contribution < -0.4 is 5.32 Å². The fourth-order valence-electron chi connectivity index (χ4n) is 2.29. The van der Waals surface area contributed by atoms with E-state index in [-0.39, 0.29) is 23.5 Å². The SMILES string of the molecule is CC1CCNC1C(=O)N1CCS(=O)(=O)CC1. The van der Waals surface area contributed by atoms with Gasteiger partial charge in [-0.3, -0.25) is 4.79 Å². The van der Waals surface area contributed by atoms with Gasteiger partial charge in [0, 0.05) is 13.1 Å². The third-order valence-corrected chi connectivity index (χ3v) is 5.06. The molecule has 2 saturated heterocycles. The fourth-order valence-corrected chi connectivity index (χ4v) is 3.50. The Labute approximate surface area is 96.1 Å². The lowest BCUT2D eigenvalue weighted by atomic mass is 10.0. The smallest absolute Gasteiger partial charge is 0.240 e. The van der Waals surface area contributed by atoms with Gasteiger partial charge in [-0.2, -0.15) is 0 Å². The van der Waals surface area contributed by atoms with Gasteiger partial charge in [-0.05, 0) is 18.9 Å². The molecule has 0 aliphatic carbocycles. The first-order valence-corrected chi connectivity index (χ1v) is 7.54. The van der Waals surface area contributed by atoms with Gasteiger partial charge in [0.2, 0.25) is 5.91 Å². The van der Waals surface area contributed by atoms with Crippen LogP contribution >= 0.6 is 0 Å². The van der Waals surface area contributed by atoms with Gasteiger partial charge >= 0.3 is 0 Å². The van der Waals surface area contributed by atoms with Gasteiger partial charge in [0.15, 0.2) is 9.84 Å². The Bertz CT molecular complexity index is 366. The normalized spacial score (nSPS) is 33.9. The van der Waals surface area contributed by atoms with Crippen molar-refractivity contribution in [2.24, 2.45) is 5.92 Å². The van der Waals surface area contributed by atoms with Crippen LogP contribution in [0.15, 0.2) is 0 Å². The van der Waals surface area contributed by atoms with E-state index in [0.717, 1.165) is 13.0 Å². The molecule has 2 rings (SSSR count). The number of nitrogens with zero attached hydrogens (tertiary/aromatic N) is 1. The first-order chi connectivity index (χ1) is 7.49. The third kappa shape index (κ3) is 2.38. The van der Waals surface area contributed by atoms with Gasteiger partial charge in [0.25, 0.3) is 0 Å². The zero-order chi connectivity index (χ0) is 11.8. The summed E-state index contributed by atoms with van der Waals surface area (Å²) < 4.78 is 22.5. The second-order valence-corrected chi connectivity index (χ2v) is 6.98. The number of amides is 1. The Kier molecular flexibility index (Phi) is 3.21. The van der Waals surface area contributed by atoms with Gasteiger partial charge in [0.05, 0.1) is 17.5 Å². The summed E-state index contributed by atoms with van der Waals surface area (Å²) >= 11 is 0. The number of carbonyl (C=O) groups excluding carboxylic acids is 1. The number of hydrogen-bond donors (Lipinski definition) is 1. The fraction of sp³-hybridized carbons (Fsp3) is 0.900. The third-order valence-electron chi connectivity index (χ3n) is 3.46. The number of sulfone groups is 1. The zero-order valence-corrected chi connectivity index (χ0v) is 10.3. The van der Waals surface area contributed by atoms with Gasteiger partial charge in [-0.1, -0.05) is 6.92 Å². The van der Waals surface area contributed by atoms with Crippen LogP contribution in [0, 0.1) is 5.92 Å². The lowest BCUT2D eigenvalue weighted by Gasteiger charge is -2.30. The summed E-state index contributed by atoms with van der Waals surface area (Å²) in [5.41, 5.74) is 0. The van der Waals surface area contributed by atoms with E-state index >= 15 is 0 Å². The predicted molar refractivity (Wildman–Crippen MR) is 60.8 cm³/mol. The molecule has 16 heavy (non-hydrogen) atoms. The molecule has 2 atom stereocenters. The van der Waals surface area contributed by atoms with Crippen molar-refractivity contribution in [1.82, 2.24) is 10.2 Å². The van der Waals surface area contributed by atoms with Gasteiger partial charge in [-0.25, -0.2) is 8.42 Å². The molecule has 2 aliphatic rings. The Morgan fingerprint density at radius 3 is 2.44 bits per heavy atom. The minimum absolute atomic E-state index is 0.0694. The highest BCUT2D eigenvalue weighted by atomic mass is 32.2. The molecule has 0 radical (unpaired) electrons. The zero-order valence-electron chi connectivity index (χ0n) is 9.48. The molecule has 0 aromatic heterocycles. The summed E-state index contributed by atoms with van der Waals surface area (Å²) in [6, 6.07) is -0.110. The molecular weight excluding hydrogens is 228 g/mol. The Morgan fingerprint density at radius 2 is 1.94 bits per heavy atom. The molecule has 2 aliphatic heterocycles. The molecule has 0 saturated carbocycles. The Hall–Kier alpha value is -0.620. The highest BCUT2D eigenvalue weighted by Gasteiger charge is 2.34. The highest BCUT2D eigenvalue weighted by Crippen LogP contribution is 2.17. The average molecular weight is 246 g/mol. The minimum atomic E-state index is -2.90. The van der Waals surface area contributed by atoms with E-state index in [1.807, 2.05) is 0 Å². The summed E-state index contributed by atoms with van der Waals surface area (Å²) in [5.74, 6) is 0.644. The monoisotopic (exact) mass is 246 g/mol. The second-order valence-electron chi connectivity index (χ2n) is 4.67. The van der Waals surface area contributed by atoms with Crippen LogP contribution in [0.1, 0.15) is 13.3 Å². The van der Waals surface area contributed by atoms with Crippen molar-refractivity contribution >= 4 is 15.7 Å². The topological polar surface area (TPSA) is 66.5 Å². The van der Waals surface area contributed by atoms with E-state index < -0.39 is 9.84 Å². The van der Waals surface area contributed by atoms with Crippen LogP contribution in [0.5, 0.6) is 0 Å². The van der Waals surface area contributed by atoms with Gasteiger partial charge in [0.1, 0.15) is 0 Å². The van der Waals surface area contributed by atoms with Crippen molar-refractivity contribution in [3.05, 3.63) is 0 Å². The van der Waals surface area contributed by atoms with E-state index in [1.165, 1.54) is 0 Å². The van der Waals surface area contributed by atoms with Crippen molar-refractivity contribution in [3.8, 4) is 0 Å². The van der Waals surface area contributed by atoms with Gasteiger partial charge < -0.3 is 10.2 Å². The Balaban J connectivity index is 1.96. The lowest BCUT2D eigenvalue weighted by molar-refractivity contribution is -0.133. The number of hydrogen-bond acceptors (Lipinski definition) is 4. The highest BCUT2D eigenvalue weighted by molar-refractivity contribution is 7.91. The van der Waals surface area contributed by atoms with Crippen molar-refractivity contribution < 1.29 is 13.2 Å². The van der Waals surface area contributed by atoms with E-state index in [9.17, 15) is 13.2 Å². The summed E-state index contributed by atoms with van der Waals surface area (Å²) in [5, 5.41) is 3.18. The summed E-state index contributed by atoms with van der Waals surface area (Å²) in [6.45, 7) is 3.64. The molecule has 2 fully saturated rings. The Morgan fingerprint density at radius 1 is 1.31 bits per heavy atom. The standard InChI is InChI=1S/C10H18N2O3S/c1-8-2-3-11-9(8)10(13)12-4-6-16(14,15)7-5-12/h8-9,11H,2-7H2,1H3. The molecule has 1 amide bonds. The van der Waals surface area contributed by atoms with Crippen LogP contribution in [0.4, 0.5) is 0 Å². The summed E-state index contributed by atoms with van der Waals surface area (Å²) in [6.07, 6.45) is 1.02. The predicted octanol–water partition coefficient (Wildman–Crippen LogP) is -0.759. The number of rotatable bonds is 1. The minimum Gasteiger partial charge on any atom is -0.339 e. The number of carbonyl (C=O) groups is 1. The average Bonchev–Trinajstić information content (AvgIpc) is 2.63. The first-order valence-electron chi connectivity index (χ1n) is 5.72. The van der Waals surface area contributed by atoms with E-state index in [0.29, 0.717) is 19.0 Å². The summed E-state index contributed by atoms with van der Waals surface area (Å²) in [4.78, 5) is 13.8.